The van der Waals surface area contributed by atoms with Crippen LogP contribution in [0.3, 0.4) is 0 Å². The van der Waals surface area contributed by atoms with Crippen LogP contribution in [0, 0.1) is 0 Å². The molecule has 1 fully saturated rings. The van der Waals surface area contributed by atoms with Crippen molar-refractivity contribution in [1.29, 1.82) is 0 Å². The van der Waals surface area contributed by atoms with Gasteiger partial charge in [0, 0.05) is 24.2 Å². The lowest BCUT2D eigenvalue weighted by molar-refractivity contribution is -0.132. The second-order valence-electron chi connectivity index (χ2n) is 7.52. The monoisotopic (exact) mass is 403 g/mol. The number of hydrogen-bond donors (Lipinski definition) is 0. The fourth-order valence-electron chi connectivity index (χ4n) is 3.99. The average Bonchev–Trinajstić information content (AvgIpc) is 3.24. The highest BCUT2D eigenvalue weighted by Crippen LogP contribution is 2.23. The minimum atomic E-state index is -0.272. The summed E-state index contributed by atoms with van der Waals surface area (Å²) in [7, 11) is 1.65. The van der Waals surface area contributed by atoms with Crippen LogP contribution in [0.15, 0.2) is 71.5 Å². The summed E-state index contributed by atoms with van der Waals surface area (Å²) >= 11 is 0. The molecule has 1 aliphatic heterocycles. The third kappa shape index (κ3) is 4.43. The van der Waals surface area contributed by atoms with E-state index in [9.17, 15) is 9.59 Å². The van der Waals surface area contributed by atoms with E-state index in [1.54, 1.807) is 13.2 Å². The van der Waals surface area contributed by atoms with Crippen molar-refractivity contribution in [3.05, 3.63) is 82.6 Å². The quantitative estimate of drug-likeness (QED) is 0.634. The van der Waals surface area contributed by atoms with E-state index >= 15 is 0 Å². The molecule has 0 N–H and O–H groups in total. The van der Waals surface area contributed by atoms with E-state index in [1.807, 2.05) is 53.4 Å². The van der Waals surface area contributed by atoms with Crippen LogP contribution >= 0.6 is 0 Å². The lowest BCUT2D eigenvalue weighted by Gasteiger charge is -2.25. The molecule has 0 saturated carbocycles. The molecular weight excluding hydrogens is 378 g/mol. The summed E-state index contributed by atoms with van der Waals surface area (Å²) in [6, 6.07) is 20.9. The highest BCUT2D eigenvalue weighted by molar-refractivity contribution is 5.76. The lowest BCUT2D eigenvalue weighted by atomic mass is 10.0. The Hall–Kier alpha value is -3.41. The second kappa shape index (κ2) is 8.95. The summed E-state index contributed by atoms with van der Waals surface area (Å²) in [6.07, 6.45) is 2.69. The number of carbonyl (C=O) groups excluding carboxylic acids is 1. The standard InChI is InChI=1S/C24H25N3O3/c1-30-21-11-5-7-18(16-21)15-20-10-6-14-26(20)24(29)17-27-23(28)13-12-22(25-27)19-8-3-2-4-9-19/h2-5,7-9,11-13,16,20H,6,10,14-15,17H2,1H3. The van der Waals surface area contributed by atoms with E-state index in [0.29, 0.717) is 12.2 Å². The molecule has 1 atom stereocenters. The molecule has 0 aliphatic carbocycles. The van der Waals surface area contributed by atoms with Crippen LogP contribution in [0.1, 0.15) is 18.4 Å². The van der Waals surface area contributed by atoms with E-state index in [2.05, 4.69) is 11.2 Å². The Morgan fingerprint density at radius 1 is 1.10 bits per heavy atom. The van der Waals surface area contributed by atoms with E-state index in [0.717, 1.165) is 36.1 Å². The van der Waals surface area contributed by atoms with E-state index in [-0.39, 0.29) is 24.1 Å². The van der Waals surface area contributed by atoms with Gasteiger partial charge in [-0.3, -0.25) is 9.59 Å². The summed E-state index contributed by atoms with van der Waals surface area (Å²) in [4.78, 5) is 27.2. The molecule has 1 aliphatic rings. The SMILES string of the molecule is COc1cccc(CC2CCCN2C(=O)Cn2nc(-c3ccccc3)ccc2=O)c1. The Morgan fingerprint density at radius 2 is 1.93 bits per heavy atom. The Bertz CT molecular complexity index is 1080. The first kappa shape index (κ1) is 19.9. The van der Waals surface area contributed by atoms with Crippen LogP contribution in [0.5, 0.6) is 5.75 Å². The van der Waals surface area contributed by atoms with Gasteiger partial charge in [0.05, 0.1) is 12.8 Å². The number of carbonyl (C=O) groups is 1. The van der Waals surface area contributed by atoms with E-state index in [4.69, 9.17) is 4.74 Å². The molecule has 154 valence electrons. The number of amides is 1. The number of ether oxygens (including phenoxy) is 1. The summed E-state index contributed by atoms with van der Waals surface area (Å²) in [6.45, 7) is 0.661. The molecule has 4 rings (SSSR count). The van der Waals surface area contributed by atoms with Crippen molar-refractivity contribution < 1.29 is 9.53 Å². The van der Waals surface area contributed by atoms with Gasteiger partial charge >= 0.3 is 0 Å². The van der Waals surface area contributed by atoms with Crippen molar-refractivity contribution in [2.24, 2.45) is 0 Å². The normalized spacial score (nSPS) is 15.9. The summed E-state index contributed by atoms with van der Waals surface area (Å²) in [5, 5.41) is 4.43. The third-order valence-corrected chi connectivity index (χ3v) is 5.52. The van der Waals surface area contributed by atoms with Crippen LogP contribution in [-0.4, -0.2) is 40.3 Å². The number of hydrogen-bond acceptors (Lipinski definition) is 4. The first-order valence-electron chi connectivity index (χ1n) is 10.2. The van der Waals surface area contributed by atoms with Crippen molar-refractivity contribution in [3.63, 3.8) is 0 Å². The smallest absolute Gasteiger partial charge is 0.267 e. The van der Waals surface area contributed by atoms with Gasteiger partial charge in [-0.1, -0.05) is 42.5 Å². The fraction of sp³-hybridized carbons (Fsp3) is 0.292. The van der Waals surface area contributed by atoms with Gasteiger partial charge < -0.3 is 9.64 Å². The first-order chi connectivity index (χ1) is 14.6. The maximum Gasteiger partial charge on any atom is 0.267 e. The maximum atomic E-state index is 13.0. The van der Waals surface area contributed by atoms with Gasteiger partial charge in [0.2, 0.25) is 5.91 Å². The zero-order valence-electron chi connectivity index (χ0n) is 17.0. The highest BCUT2D eigenvalue weighted by Gasteiger charge is 2.29. The van der Waals surface area contributed by atoms with Crippen molar-refractivity contribution in [1.82, 2.24) is 14.7 Å². The molecule has 30 heavy (non-hydrogen) atoms. The summed E-state index contributed by atoms with van der Waals surface area (Å²) in [5.74, 6) is 0.747. The zero-order chi connectivity index (χ0) is 20.9. The van der Waals surface area contributed by atoms with Crippen molar-refractivity contribution in [2.45, 2.75) is 31.8 Å². The van der Waals surface area contributed by atoms with Gasteiger partial charge in [0.15, 0.2) is 0 Å². The molecule has 6 nitrogen and oxygen atoms in total. The topological polar surface area (TPSA) is 64.4 Å². The first-order valence-corrected chi connectivity index (χ1v) is 10.2. The Morgan fingerprint density at radius 3 is 2.73 bits per heavy atom. The van der Waals surface area contributed by atoms with Crippen LogP contribution in [-0.2, 0) is 17.8 Å². The third-order valence-electron chi connectivity index (χ3n) is 5.52. The molecule has 1 saturated heterocycles. The molecule has 1 unspecified atom stereocenters. The maximum absolute atomic E-state index is 13.0. The predicted octanol–water partition coefficient (Wildman–Crippen LogP) is 3.15. The molecule has 1 aromatic heterocycles. The molecule has 1 amide bonds. The molecule has 6 heteroatoms. The van der Waals surface area contributed by atoms with E-state index < -0.39 is 0 Å². The Balaban J connectivity index is 1.49. The number of aromatic nitrogens is 2. The molecule has 3 aromatic rings. The zero-order valence-corrected chi connectivity index (χ0v) is 17.0. The number of rotatable bonds is 6. The average molecular weight is 403 g/mol. The predicted molar refractivity (Wildman–Crippen MR) is 115 cm³/mol. The number of likely N-dealkylation sites (tertiary alicyclic amines) is 1. The van der Waals surface area contributed by atoms with Gasteiger partial charge in [-0.2, -0.15) is 5.10 Å². The van der Waals surface area contributed by atoms with Gasteiger partial charge in [-0.05, 0) is 43.0 Å². The minimum absolute atomic E-state index is 0.0475. The number of benzene rings is 2. The van der Waals surface area contributed by atoms with Crippen molar-refractivity contribution >= 4 is 5.91 Å². The fourth-order valence-corrected chi connectivity index (χ4v) is 3.99. The summed E-state index contributed by atoms with van der Waals surface area (Å²) < 4.78 is 6.58. The van der Waals surface area contributed by atoms with Crippen LogP contribution in [0.4, 0.5) is 0 Å². The van der Waals surface area contributed by atoms with Crippen LogP contribution in [0.2, 0.25) is 0 Å². The van der Waals surface area contributed by atoms with Crippen LogP contribution in [0.25, 0.3) is 11.3 Å². The van der Waals surface area contributed by atoms with Crippen LogP contribution < -0.4 is 10.3 Å². The van der Waals surface area contributed by atoms with Gasteiger partial charge in [0.1, 0.15) is 12.3 Å². The minimum Gasteiger partial charge on any atom is -0.497 e. The summed E-state index contributed by atoms with van der Waals surface area (Å²) in [5.41, 5.74) is 2.46. The van der Waals surface area contributed by atoms with Gasteiger partial charge in [-0.15, -0.1) is 0 Å². The molecule has 2 heterocycles. The Labute approximate surface area is 175 Å². The van der Waals surface area contributed by atoms with E-state index in [1.165, 1.54) is 10.7 Å². The lowest BCUT2D eigenvalue weighted by Crippen LogP contribution is -2.41. The van der Waals surface area contributed by atoms with Crippen molar-refractivity contribution in [2.75, 3.05) is 13.7 Å². The number of nitrogens with zero attached hydrogens (tertiary/aromatic N) is 3. The van der Waals surface area contributed by atoms with Gasteiger partial charge in [-0.25, -0.2) is 4.68 Å². The molecular formula is C24H25N3O3. The largest absolute Gasteiger partial charge is 0.497 e. The molecule has 2 aromatic carbocycles. The van der Waals surface area contributed by atoms with Gasteiger partial charge in [0.25, 0.3) is 5.56 Å². The molecule has 0 bridgehead atoms. The Kier molecular flexibility index (Phi) is 5.93. The second-order valence-corrected chi connectivity index (χ2v) is 7.52. The number of methoxy groups -OCH3 is 1. The molecule has 0 radical (unpaired) electrons. The molecule has 0 spiro atoms. The van der Waals surface area contributed by atoms with Crippen molar-refractivity contribution in [3.8, 4) is 17.0 Å². The highest BCUT2D eigenvalue weighted by atomic mass is 16.5.